The van der Waals surface area contributed by atoms with Crippen molar-refractivity contribution in [2.75, 3.05) is 13.1 Å². The van der Waals surface area contributed by atoms with Crippen LogP contribution in [0.4, 0.5) is 0 Å². The Bertz CT molecular complexity index is 686. The molecule has 1 saturated carbocycles. The summed E-state index contributed by atoms with van der Waals surface area (Å²) in [5, 5.41) is 1.48. The molecular weight excluding hydrogens is 256 g/mol. The fraction of sp³-hybridized carbons (Fsp3) is 0.579. The Morgan fingerprint density at radius 2 is 2.14 bits per heavy atom. The molecule has 2 aromatic rings. The molecule has 3 fully saturated rings. The molecule has 4 heterocycles. The SMILES string of the molecule is CC[C@H]1CC2CC3c4[nH]c5ccccc5c4CCN(C2)C31. The van der Waals surface area contributed by atoms with Gasteiger partial charge in [-0.25, -0.2) is 0 Å². The summed E-state index contributed by atoms with van der Waals surface area (Å²) in [7, 11) is 0. The van der Waals surface area contributed by atoms with Crippen LogP contribution in [0.15, 0.2) is 24.3 Å². The van der Waals surface area contributed by atoms with E-state index in [9.17, 15) is 0 Å². The van der Waals surface area contributed by atoms with Gasteiger partial charge in [0.15, 0.2) is 0 Å². The maximum absolute atomic E-state index is 3.81. The number of nitrogens with one attached hydrogen (secondary N) is 1. The highest BCUT2D eigenvalue weighted by Crippen LogP contribution is 2.50. The number of hydrogen-bond donors (Lipinski definition) is 1. The van der Waals surface area contributed by atoms with E-state index in [1.54, 1.807) is 11.3 Å². The third kappa shape index (κ3) is 1.63. The van der Waals surface area contributed by atoms with Crippen molar-refractivity contribution in [3.63, 3.8) is 0 Å². The predicted octanol–water partition coefficient (Wildman–Crippen LogP) is 3.93. The van der Waals surface area contributed by atoms with Crippen molar-refractivity contribution in [3.8, 4) is 0 Å². The summed E-state index contributed by atoms with van der Waals surface area (Å²) in [5.41, 5.74) is 4.57. The molecule has 4 unspecified atom stereocenters. The Balaban J connectivity index is 1.69. The van der Waals surface area contributed by atoms with Crippen molar-refractivity contribution in [1.29, 1.82) is 0 Å². The summed E-state index contributed by atoms with van der Waals surface area (Å²) in [6.45, 7) is 5.02. The number of fused-ring (bicyclic) bond motifs is 4. The van der Waals surface area contributed by atoms with E-state index >= 15 is 0 Å². The highest BCUT2D eigenvalue weighted by atomic mass is 15.2. The maximum Gasteiger partial charge on any atom is 0.0459 e. The van der Waals surface area contributed by atoms with Crippen LogP contribution in [0.25, 0.3) is 10.9 Å². The van der Waals surface area contributed by atoms with E-state index in [4.69, 9.17) is 0 Å². The van der Waals surface area contributed by atoms with Crippen molar-refractivity contribution in [3.05, 3.63) is 35.5 Å². The lowest BCUT2D eigenvalue weighted by Crippen LogP contribution is -2.56. The predicted molar refractivity (Wildman–Crippen MR) is 86.6 cm³/mol. The first-order valence-corrected chi connectivity index (χ1v) is 8.68. The summed E-state index contributed by atoms with van der Waals surface area (Å²) in [6.07, 6.45) is 5.47. The first kappa shape index (κ1) is 12.3. The minimum absolute atomic E-state index is 0.757. The van der Waals surface area contributed by atoms with Gasteiger partial charge in [0.2, 0.25) is 0 Å². The maximum atomic E-state index is 3.81. The summed E-state index contributed by atoms with van der Waals surface area (Å²) in [4.78, 5) is 6.65. The molecule has 1 aliphatic carbocycles. The molecule has 1 N–H and O–H groups in total. The smallest absolute Gasteiger partial charge is 0.0459 e. The van der Waals surface area contributed by atoms with Gasteiger partial charge in [0.1, 0.15) is 0 Å². The molecule has 2 saturated heterocycles. The minimum atomic E-state index is 0.757. The van der Waals surface area contributed by atoms with Crippen LogP contribution in [-0.4, -0.2) is 29.0 Å². The van der Waals surface area contributed by atoms with E-state index in [-0.39, 0.29) is 0 Å². The number of benzene rings is 1. The van der Waals surface area contributed by atoms with Gasteiger partial charge < -0.3 is 4.98 Å². The van der Waals surface area contributed by atoms with E-state index < -0.39 is 0 Å². The second-order valence-electron chi connectivity index (χ2n) is 7.41. The molecule has 3 aliphatic heterocycles. The second kappa shape index (κ2) is 4.36. The summed E-state index contributed by atoms with van der Waals surface area (Å²) < 4.78 is 0. The van der Waals surface area contributed by atoms with E-state index in [0.717, 1.165) is 23.8 Å². The molecule has 2 heteroatoms. The number of hydrogen-bond acceptors (Lipinski definition) is 1. The molecule has 2 nitrogen and oxygen atoms in total. The van der Waals surface area contributed by atoms with Gasteiger partial charge in [-0.15, -0.1) is 0 Å². The molecular formula is C19H24N2. The Morgan fingerprint density at radius 1 is 1.24 bits per heavy atom. The standard InChI is InChI=1S/C19H24N2/c1-2-13-9-12-10-16-18-15(7-8-21(11-12)19(13)16)14-5-3-4-6-17(14)20-18/h3-6,12-13,16,19-20H,2,7-11H2,1H3/t12?,13-,16?,19?/m0/s1. The fourth-order valence-corrected chi connectivity index (χ4v) is 5.65. The molecule has 1 aromatic heterocycles. The molecule has 110 valence electrons. The number of para-hydroxylation sites is 1. The number of piperidine rings is 2. The third-order valence-electron chi connectivity index (χ3n) is 6.42. The highest BCUT2D eigenvalue weighted by Gasteiger charge is 2.48. The lowest BCUT2D eigenvalue weighted by atomic mass is 9.65. The Labute approximate surface area is 126 Å². The zero-order chi connectivity index (χ0) is 14.0. The summed E-state index contributed by atoms with van der Waals surface area (Å²) in [5.74, 6) is 2.61. The minimum Gasteiger partial charge on any atom is -0.358 e. The average molecular weight is 280 g/mol. The molecule has 4 aliphatic rings. The Kier molecular flexibility index (Phi) is 2.55. The number of nitrogens with zero attached hydrogens (tertiary/aromatic N) is 1. The van der Waals surface area contributed by atoms with Gasteiger partial charge in [-0.05, 0) is 42.7 Å². The molecule has 21 heavy (non-hydrogen) atoms. The van der Waals surface area contributed by atoms with E-state index in [1.807, 2.05) is 0 Å². The van der Waals surface area contributed by atoms with Gasteiger partial charge in [-0.3, -0.25) is 4.90 Å². The topological polar surface area (TPSA) is 19.0 Å². The normalized spacial score (nSPS) is 37.5. The van der Waals surface area contributed by atoms with Crippen molar-refractivity contribution in [2.45, 2.75) is 44.6 Å². The van der Waals surface area contributed by atoms with E-state index in [1.165, 1.54) is 49.7 Å². The lowest BCUT2D eigenvalue weighted by Gasteiger charge is -2.53. The van der Waals surface area contributed by atoms with Crippen LogP contribution in [0.2, 0.25) is 0 Å². The third-order valence-corrected chi connectivity index (χ3v) is 6.42. The summed E-state index contributed by atoms with van der Waals surface area (Å²) >= 11 is 0. The van der Waals surface area contributed by atoms with Crippen LogP contribution < -0.4 is 0 Å². The Morgan fingerprint density at radius 3 is 3.05 bits per heavy atom. The van der Waals surface area contributed by atoms with Crippen LogP contribution in [-0.2, 0) is 6.42 Å². The van der Waals surface area contributed by atoms with Gasteiger partial charge in [-0.1, -0.05) is 31.5 Å². The lowest BCUT2D eigenvalue weighted by molar-refractivity contribution is -0.0134. The van der Waals surface area contributed by atoms with Gasteiger partial charge in [0, 0.05) is 41.6 Å². The van der Waals surface area contributed by atoms with Crippen LogP contribution in [0.1, 0.15) is 43.4 Å². The first-order chi connectivity index (χ1) is 10.3. The van der Waals surface area contributed by atoms with Crippen LogP contribution in [0, 0.1) is 11.8 Å². The van der Waals surface area contributed by atoms with Crippen LogP contribution >= 0.6 is 0 Å². The zero-order valence-electron chi connectivity index (χ0n) is 12.8. The van der Waals surface area contributed by atoms with Gasteiger partial charge in [0.25, 0.3) is 0 Å². The average Bonchev–Trinajstić information content (AvgIpc) is 2.86. The molecule has 0 amide bonds. The molecule has 0 radical (unpaired) electrons. The molecule has 0 spiro atoms. The van der Waals surface area contributed by atoms with Crippen molar-refractivity contribution in [2.24, 2.45) is 11.8 Å². The molecule has 4 bridgehead atoms. The monoisotopic (exact) mass is 280 g/mol. The van der Waals surface area contributed by atoms with Crippen LogP contribution in [0.5, 0.6) is 0 Å². The number of rotatable bonds is 1. The van der Waals surface area contributed by atoms with Crippen molar-refractivity contribution < 1.29 is 0 Å². The van der Waals surface area contributed by atoms with E-state index in [0.29, 0.717) is 0 Å². The van der Waals surface area contributed by atoms with Gasteiger partial charge in [0.05, 0.1) is 0 Å². The molecule has 5 atom stereocenters. The quantitative estimate of drug-likeness (QED) is 0.838. The number of aromatic nitrogens is 1. The molecule has 6 rings (SSSR count). The zero-order valence-corrected chi connectivity index (χ0v) is 12.8. The number of H-pyrrole nitrogens is 1. The van der Waals surface area contributed by atoms with Crippen LogP contribution in [0.3, 0.4) is 0 Å². The van der Waals surface area contributed by atoms with Crippen molar-refractivity contribution in [1.82, 2.24) is 9.88 Å². The van der Waals surface area contributed by atoms with Crippen molar-refractivity contribution >= 4 is 10.9 Å². The van der Waals surface area contributed by atoms with Gasteiger partial charge in [-0.2, -0.15) is 0 Å². The van der Waals surface area contributed by atoms with E-state index in [2.05, 4.69) is 41.1 Å². The van der Waals surface area contributed by atoms with Gasteiger partial charge >= 0.3 is 0 Å². The largest absolute Gasteiger partial charge is 0.358 e. The highest BCUT2D eigenvalue weighted by molar-refractivity contribution is 5.85. The first-order valence-electron chi connectivity index (χ1n) is 8.68. The molecule has 1 aromatic carbocycles. The second-order valence-corrected chi connectivity index (χ2v) is 7.41. The number of aromatic amines is 1. The summed E-state index contributed by atoms with van der Waals surface area (Å²) in [6, 6.07) is 9.71. The Hall–Kier alpha value is -1.28. The fourth-order valence-electron chi connectivity index (χ4n) is 5.65.